The van der Waals surface area contributed by atoms with Crippen LogP contribution in [0.25, 0.3) is 15.9 Å². The second-order valence-electron chi connectivity index (χ2n) is 5.25. The lowest BCUT2D eigenvalue weighted by molar-refractivity contribution is -0.125. The third kappa shape index (κ3) is 3.00. The maximum Gasteiger partial charge on any atom is 0.349 e. The maximum absolute atomic E-state index is 12.2. The minimum absolute atomic E-state index is 0.390. The highest BCUT2D eigenvalue weighted by molar-refractivity contribution is 7.20. The second kappa shape index (κ2) is 6.26. The molecule has 0 unspecified atom stereocenters. The lowest BCUT2D eigenvalue weighted by Gasteiger charge is -2.07. The molecule has 0 fully saturated rings. The van der Waals surface area contributed by atoms with E-state index in [1.165, 1.54) is 18.3 Å². The van der Waals surface area contributed by atoms with E-state index in [0.29, 0.717) is 9.90 Å². The van der Waals surface area contributed by atoms with Crippen LogP contribution < -0.4 is 5.73 Å². The van der Waals surface area contributed by atoms with Crippen LogP contribution in [0.5, 0.6) is 0 Å². The molecule has 1 amide bonds. The quantitative estimate of drug-likeness (QED) is 0.721. The van der Waals surface area contributed by atoms with Crippen molar-refractivity contribution in [2.45, 2.75) is 20.0 Å². The van der Waals surface area contributed by atoms with Crippen LogP contribution in [0.1, 0.15) is 22.3 Å². The number of carbonyl (C=O) groups excluding carboxylic acids is 2. The summed E-state index contributed by atoms with van der Waals surface area (Å²) in [7, 11) is 0. The van der Waals surface area contributed by atoms with Gasteiger partial charge in [-0.2, -0.15) is 5.10 Å². The summed E-state index contributed by atoms with van der Waals surface area (Å²) >= 11 is 7.16. The first-order chi connectivity index (χ1) is 11.4. The van der Waals surface area contributed by atoms with Crippen molar-refractivity contribution in [1.29, 1.82) is 0 Å². The van der Waals surface area contributed by atoms with Crippen molar-refractivity contribution in [3.63, 3.8) is 0 Å². The Kier molecular flexibility index (Phi) is 4.29. The van der Waals surface area contributed by atoms with Crippen LogP contribution in [0, 0.1) is 6.92 Å². The first-order valence-corrected chi connectivity index (χ1v) is 8.31. The molecule has 0 radical (unpaired) electrons. The molecule has 3 aromatic rings. The molecule has 0 aliphatic rings. The zero-order valence-corrected chi connectivity index (χ0v) is 14.5. The zero-order chi connectivity index (χ0) is 17.4. The number of nitrogens with zero attached hydrogens (tertiary/aromatic N) is 2. The molecule has 0 saturated carbocycles. The summed E-state index contributed by atoms with van der Waals surface area (Å²) in [5.74, 6) is -1.27. The average Bonchev–Trinajstić information content (AvgIpc) is 3.09. The van der Waals surface area contributed by atoms with Gasteiger partial charge in [0.25, 0.3) is 5.91 Å². The summed E-state index contributed by atoms with van der Waals surface area (Å²) in [5, 5.41) is 5.99. The molecule has 8 heteroatoms. The predicted octanol–water partition coefficient (Wildman–Crippen LogP) is 3.08. The Labute approximate surface area is 146 Å². The highest BCUT2D eigenvalue weighted by atomic mass is 35.5. The Morgan fingerprint density at radius 1 is 1.33 bits per heavy atom. The number of hydrogen-bond donors (Lipinski definition) is 1. The minimum atomic E-state index is -0.975. The molecule has 1 atom stereocenters. The molecule has 124 valence electrons. The van der Waals surface area contributed by atoms with Gasteiger partial charge in [-0.3, -0.25) is 4.79 Å². The maximum atomic E-state index is 12.2. The van der Waals surface area contributed by atoms with Gasteiger partial charge in [-0.15, -0.1) is 11.3 Å². The van der Waals surface area contributed by atoms with Gasteiger partial charge < -0.3 is 10.5 Å². The van der Waals surface area contributed by atoms with Gasteiger partial charge in [-0.25, -0.2) is 9.48 Å². The van der Waals surface area contributed by atoms with Crippen molar-refractivity contribution in [2.75, 3.05) is 0 Å². The minimum Gasteiger partial charge on any atom is -0.448 e. The largest absolute Gasteiger partial charge is 0.448 e. The summed E-state index contributed by atoms with van der Waals surface area (Å²) in [6.07, 6.45) is -0.975. The number of esters is 1. The Morgan fingerprint density at radius 2 is 2.00 bits per heavy atom. The molecule has 1 aromatic carbocycles. The van der Waals surface area contributed by atoms with E-state index in [4.69, 9.17) is 22.1 Å². The molecule has 0 spiro atoms. The molecule has 6 nitrogen and oxygen atoms in total. The van der Waals surface area contributed by atoms with Crippen molar-refractivity contribution >= 4 is 45.0 Å². The van der Waals surface area contributed by atoms with Crippen molar-refractivity contribution in [2.24, 2.45) is 5.73 Å². The normalized spacial score (nSPS) is 12.3. The van der Waals surface area contributed by atoms with Crippen LogP contribution in [-0.2, 0) is 9.53 Å². The van der Waals surface area contributed by atoms with E-state index >= 15 is 0 Å². The number of thiophene rings is 1. The highest BCUT2D eigenvalue weighted by Crippen LogP contribution is 2.31. The first-order valence-electron chi connectivity index (χ1n) is 7.12. The number of benzene rings is 1. The number of halogens is 1. The fourth-order valence-electron chi connectivity index (χ4n) is 2.18. The van der Waals surface area contributed by atoms with Crippen molar-refractivity contribution in [3.05, 3.63) is 45.9 Å². The molecule has 24 heavy (non-hydrogen) atoms. The van der Waals surface area contributed by atoms with Gasteiger partial charge in [0.15, 0.2) is 6.10 Å². The van der Waals surface area contributed by atoms with Crippen LogP contribution >= 0.6 is 22.9 Å². The number of hydrogen-bond acceptors (Lipinski definition) is 5. The highest BCUT2D eigenvalue weighted by Gasteiger charge is 2.21. The Hall–Kier alpha value is -2.38. The van der Waals surface area contributed by atoms with E-state index in [2.05, 4.69) is 5.10 Å². The fraction of sp³-hybridized carbons (Fsp3) is 0.188. The van der Waals surface area contributed by atoms with E-state index in [-0.39, 0.29) is 0 Å². The van der Waals surface area contributed by atoms with Crippen molar-refractivity contribution in [3.8, 4) is 5.69 Å². The van der Waals surface area contributed by atoms with Gasteiger partial charge >= 0.3 is 5.97 Å². The van der Waals surface area contributed by atoms with Gasteiger partial charge in [0.05, 0.1) is 11.4 Å². The Morgan fingerprint density at radius 3 is 2.62 bits per heavy atom. The van der Waals surface area contributed by atoms with E-state index in [0.717, 1.165) is 21.6 Å². The summed E-state index contributed by atoms with van der Waals surface area (Å²) in [5.41, 5.74) is 6.74. The van der Waals surface area contributed by atoms with E-state index in [1.807, 2.05) is 19.1 Å². The molecule has 3 rings (SSSR count). The summed E-state index contributed by atoms with van der Waals surface area (Å²) < 4.78 is 6.80. The van der Waals surface area contributed by atoms with Crippen LogP contribution in [-0.4, -0.2) is 27.8 Å². The summed E-state index contributed by atoms with van der Waals surface area (Å²) in [6, 6.07) is 8.96. The number of fused-ring (bicyclic) bond motifs is 1. The lowest BCUT2D eigenvalue weighted by atomic mass is 10.3. The fourth-order valence-corrected chi connectivity index (χ4v) is 3.37. The summed E-state index contributed by atoms with van der Waals surface area (Å²) in [4.78, 5) is 24.4. The third-order valence-electron chi connectivity index (χ3n) is 3.50. The van der Waals surface area contributed by atoms with Gasteiger partial charge in [0.2, 0.25) is 0 Å². The number of aromatic nitrogens is 2. The Bertz CT molecular complexity index is 930. The number of nitrogens with two attached hydrogens (primary N) is 1. The van der Waals surface area contributed by atoms with E-state index in [9.17, 15) is 9.59 Å². The predicted molar refractivity (Wildman–Crippen MR) is 92.8 cm³/mol. The summed E-state index contributed by atoms with van der Waals surface area (Å²) in [6.45, 7) is 3.30. The van der Waals surface area contributed by atoms with Gasteiger partial charge in [-0.05, 0) is 44.2 Å². The first kappa shape index (κ1) is 16.5. The molecular weight excluding hydrogens is 350 g/mol. The van der Waals surface area contributed by atoms with Gasteiger partial charge in [0, 0.05) is 10.4 Å². The van der Waals surface area contributed by atoms with Crippen molar-refractivity contribution in [1.82, 2.24) is 9.78 Å². The number of carbonyl (C=O) groups is 2. The smallest absolute Gasteiger partial charge is 0.349 e. The molecule has 2 aromatic heterocycles. The Balaban J connectivity index is 1.99. The van der Waals surface area contributed by atoms with Crippen LogP contribution in [0.15, 0.2) is 30.3 Å². The van der Waals surface area contributed by atoms with Gasteiger partial charge in [-0.1, -0.05) is 11.6 Å². The topological polar surface area (TPSA) is 87.2 Å². The average molecular weight is 364 g/mol. The van der Waals surface area contributed by atoms with Crippen molar-refractivity contribution < 1.29 is 14.3 Å². The number of amides is 1. The molecular formula is C16H14ClN3O3S. The van der Waals surface area contributed by atoms with E-state index in [1.54, 1.807) is 22.9 Å². The monoisotopic (exact) mass is 363 g/mol. The molecule has 0 aliphatic carbocycles. The lowest BCUT2D eigenvalue weighted by Crippen LogP contribution is -2.30. The van der Waals surface area contributed by atoms with Crippen LogP contribution in [0.2, 0.25) is 5.02 Å². The molecule has 0 saturated heterocycles. The van der Waals surface area contributed by atoms with Gasteiger partial charge in [0.1, 0.15) is 9.71 Å². The SMILES string of the molecule is Cc1nn(-c2ccc(Cl)cc2)c2sc(C(=O)O[C@H](C)C(N)=O)cc12. The number of ether oxygens (including phenoxy) is 1. The molecule has 2 heterocycles. The van der Waals surface area contributed by atoms with E-state index < -0.39 is 18.0 Å². The molecule has 2 N–H and O–H groups in total. The standard InChI is InChI=1S/C16H14ClN3O3S/c1-8-12-7-13(16(22)23-9(2)14(18)21)24-15(12)20(19-8)11-5-3-10(17)4-6-11/h3-7,9H,1-2H3,(H2,18,21)/t9-/m1/s1. The molecule has 0 aliphatic heterocycles. The number of primary amides is 1. The second-order valence-corrected chi connectivity index (χ2v) is 6.72. The zero-order valence-electron chi connectivity index (χ0n) is 12.9. The number of rotatable bonds is 4. The van der Waals surface area contributed by atoms with Crippen LogP contribution in [0.3, 0.4) is 0 Å². The van der Waals surface area contributed by atoms with Crippen LogP contribution in [0.4, 0.5) is 0 Å². The molecule has 0 bridgehead atoms. The number of aryl methyl sites for hydroxylation is 1. The third-order valence-corrected chi connectivity index (χ3v) is 4.84.